The second kappa shape index (κ2) is 5.85. The van der Waals surface area contributed by atoms with Gasteiger partial charge < -0.3 is 20.1 Å². The standard InChI is InChI=1S/C7H10O7S3/c8-3(9)1-6(13,5(11)12)2-4(10)14-7(15,16)17/h13,15-17H,1-2H2,(H,8,9)(H,11,12). The van der Waals surface area contributed by atoms with Crippen molar-refractivity contribution in [3.8, 4) is 0 Å². The van der Waals surface area contributed by atoms with Crippen LogP contribution in [0.5, 0.6) is 0 Å². The summed E-state index contributed by atoms with van der Waals surface area (Å²) in [5.74, 6) is -4.62. The Morgan fingerprint density at radius 1 is 1.06 bits per heavy atom. The monoisotopic (exact) mass is 302 g/mol. The van der Waals surface area contributed by atoms with E-state index in [0.717, 1.165) is 0 Å². The van der Waals surface area contributed by atoms with Crippen LogP contribution in [0.15, 0.2) is 0 Å². The molecule has 0 aromatic rings. The Hall–Kier alpha value is -0.580. The quantitative estimate of drug-likeness (QED) is 0.224. The topological polar surface area (TPSA) is 121 Å². The van der Waals surface area contributed by atoms with Crippen LogP contribution in [0.1, 0.15) is 12.8 Å². The van der Waals surface area contributed by atoms with E-state index in [1.54, 1.807) is 0 Å². The van der Waals surface area contributed by atoms with Gasteiger partial charge in [0.1, 0.15) is 0 Å². The SMILES string of the molecule is O=C(O)CC(O)(CC(=O)OC(S)(S)S)C(=O)O. The van der Waals surface area contributed by atoms with Crippen molar-refractivity contribution >= 4 is 55.8 Å². The Kier molecular flexibility index (Phi) is 5.65. The summed E-state index contributed by atoms with van der Waals surface area (Å²) >= 11 is 10.8. The molecule has 10 heteroatoms. The van der Waals surface area contributed by atoms with Crippen molar-refractivity contribution in [3.63, 3.8) is 0 Å². The molecule has 0 aliphatic heterocycles. The lowest BCUT2D eigenvalue weighted by atomic mass is 9.96. The van der Waals surface area contributed by atoms with E-state index in [-0.39, 0.29) is 0 Å². The molecule has 0 aliphatic carbocycles. The fourth-order valence-electron chi connectivity index (χ4n) is 0.891. The molecule has 0 aliphatic rings. The highest BCUT2D eigenvalue weighted by Gasteiger charge is 2.42. The van der Waals surface area contributed by atoms with E-state index >= 15 is 0 Å². The molecule has 0 saturated carbocycles. The zero-order valence-corrected chi connectivity index (χ0v) is 10.9. The molecule has 0 aromatic carbocycles. The Bertz CT molecular complexity index is 337. The van der Waals surface area contributed by atoms with Gasteiger partial charge in [0.25, 0.3) is 0 Å². The van der Waals surface area contributed by atoms with Gasteiger partial charge in [-0.15, -0.1) is 37.9 Å². The van der Waals surface area contributed by atoms with Crippen LogP contribution in [0, 0.1) is 0 Å². The van der Waals surface area contributed by atoms with Gasteiger partial charge in [0.2, 0.25) is 3.60 Å². The molecule has 0 saturated heterocycles. The van der Waals surface area contributed by atoms with E-state index in [4.69, 9.17) is 10.2 Å². The van der Waals surface area contributed by atoms with Crippen LogP contribution in [0.4, 0.5) is 0 Å². The third-order valence-corrected chi connectivity index (χ3v) is 1.80. The summed E-state index contributed by atoms with van der Waals surface area (Å²) in [6, 6.07) is 0. The van der Waals surface area contributed by atoms with E-state index in [0.29, 0.717) is 0 Å². The van der Waals surface area contributed by atoms with E-state index < -0.39 is 39.9 Å². The van der Waals surface area contributed by atoms with Crippen molar-refractivity contribution in [2.75, 3.05) is 0 Å². The highest BCUT2D eigenvalue weighted by Crippen LogP contribution is 2.27. The van der Waals surface area contributed by atoms with Gasteiger partial charge in [-0.25, -0.2) is 4.79 Å². The molecule has 7 nitrogen and oxygen atoms in total. The van der Waals surface area contributed by atoms with Crippen LogP contribution in [-0.4, -0.2) is 42.4 Å². The molecule has 0 radical (unpaired) electrons. The summed E-state index contributed by atoms with van der Waals surface area (Å²) in [6.45, 7) is 0. The first-order valence-corrected chi connectivity index (χ1v) is 5.37. The molecule has 98 valence electrons. The lowest BCUT2D eigenvalue weighted by Gasteiger charge is -2.22. The van der Waals surface area contributed by atoms with Gasteiger partial charge in [-0.2, -0.15) is 0 Å². The largest absolute Gasteiger partial charge is 0.481 e. The maximum atomic E-state index is 11.2. The fraction of sp³-hybridized carbons (Fsp3) is 0.571. The molecule has 3 N–H and O–H groups in total. The molecule has 0 fully saturated rings. The molecular formula is C7H10O7S3. The first kappa shape index (κ1) is 16.4. The number of ether oxygens (including phenoxy) is 1. The normalized spacial score (nSPS) is 14.8. The summed E-state index contributed by atoms with van der Waals surface area (Å²) in [5, 5.41) is 26.5. The minimum atomic E-state index is -2.75. The van der Waals surface area contributed by atoms with E-state index in [1.165, 1.54) is 0 Å². The van der Waals surface area contributed by atoms with Crippen LogP contribution in [0.2, 0.25) is 0 Å². The van der Waals surface area contributed by atoms with Gasteiger partial charge in [0.15, 0.2) is 5.60 Å². The average molecular weight is 302 g/mol. The Morgan fingerprint density at radius 2 is 1.53 bits per heavy atom. The van der Waals surface area contributed by atoms with Crippen molar-refractivity contribution in [3.05, 3.63) is 0 Å². The summed E-state index contributed by atoms with van der Waals surface area (Å²) in [6.07, 6.45) is -2.20. The average Bonchev–Trinajstić information content (AvgIpc) is 1.96. The molecule has 0 aromatic heterocycles. The van der Waals surface area contributed by atoms with Crippen molar-refractivity contribution in [2.24, 2.45) is 0 Å². The van der Waals surface area contributed by atoms with Gasteiger partial charge in [0.05, 0.1) is 12.8 Å². The Morgan fingerprint density at radius 3 is 1.82 bits per heavy atom. The van der Waals surface area contributed by atoms with Crippen molar-refractivity contribution in [1.29, 1.82) is 0 Å². The summed E-state index contributed by atoms with van der Waals surface area (Å²) < 4.78 is 2.65. The van der Waals surface area contributed by atoms with E-state index in [1.807, 2.05) is 0 Å². The summed E-state index contributed by atoms with van der Waals surface area (Å²) in [4.78, 5) is 32.2. The van der Waals surface area contributed by atoms with E-state index in [9.17, 15) is 19.5 Å². The number of hydrogen-bond donors (Lipinski definition) is 6. The fourth-order valence-corrected chi connectivity index (χ4v) is 1.20. The van der Waals surface area contributed by atoms with Crippen LogP contribution < -0.4 is 0 Å². The van der Waals surface area contributed by atoms with E-state index in [2.05, 4.69) is 42.6 Å². The van der Waals surface area contributed by atoms with Gasteiger partial charge in [0, 0.05) is 0 Å². The first-order valence-electron chi connectivity index (χ1n) is 4.03. The Balaban J connectivity index is 4.72. The molecule has 0 amide bonds. The smallest absolute Gasteiger partial charge is 0.336 e. The zero-order valence-electron chi connectivity index (χ0n) is 8.23. The van der Waals surface area contributed by atoms with Crippen LogP contribution >= 0.6 is 37.9 Å². The predicted molar refractivity (Wildman–Crippen MR) is 65.2 cm³/mol. The number of thiol groups is 3. The predicted octanol–water partition coefficient (Wildman–Crippen LogP) is -0.389. The highest BCUT2D eigenvalue weighted by molar-refractivity contribution is 8.16. The second-order valence-corrected chi connectivity index (χ2v) is 6.08. The molecule has 0 bridgehead atoms. The molecule has 1 atom stereocenters. The molecule has 17 heavy (non-hydrogen) atoms. The van der Waals surface area contributed by atoms with Gasteiger partial charge in [-0.3, -0.25) is 9.59 Å². The number of rotatable bonds is 6. The minimum Gasteiger partial charge on any atom is -0.481 e. The number of carbonyl (C=O) groups excluding carboxylic acids is 1. The van der Waals surface area contributed by atoms with Crippen LogP contribution in [0.3, 0.4) is 0 Å². The molecule has 0 heterocycles. The lowest BCUT2D eigenvalue weighted by Crippen LogP contribution is -2.43. The minimum absolute atomic E-state index is 1.06. The van der Waals surface area contributed by atoms with Crippen molar-refractivity contribution in [1.82, 2.24) is 0 Å². The zero-order chi connectivity index (χ0) is 13.9. The number of esters is 1. The second-order valence-electron chi connectivity index (χ2n) is 3.13. The number of carboxylic acids is 2. The van der Waals surface area contributed by atoms with Gasteiger partial charge in [-0.1, -0.05) is 0 Å². The number of aliphatic carboxylic acids is 2. The third kappa shape index (κ3) is 6.66. The number of carbonyl (C=O) groups is 3. The first-order chi connectivity index (χ1) is 7.46. The van der Waals surface area contributed by atoms with Crippen molar-refractivity contribution in [2.45, 2.75) is 22.0 Å². The maximum Gasteiger partial charge on any atom is 0.336 e. The van der Waals surface area contributed by atoms with Gasteiger partial charge >= 0.3 is 17.9 Å². The molecular weight excluding hydrogens is 292 g/mol. The Labute approximate surface area is 112 Å². The number of carboxylic acid groups (broad SMARTS) is 2. The maximum absolute atomic E-state index is 11.2. The lowest BCUT2D eigenvalue weighted by molar-refractivity contribution is -0.171. The molecule has 0 rings (SSSR count). The van der Waals surface area contributed by atoms with Crippen LogP contribution in [0.25, 0.3) is 0 Å². The summed E-state index contributed by atoms with van der Waals surface area (Å²) in [5.41, 5.74) is -2.75. The molecule has 1 unspecified atom stereocenters. The van der Waals surface area contributed by atoms with Crippen LogP contribution in [-0.2, 0) is 19.1 Å². The molecule has 0 spiro atoms. The summed E-state index contributed by atoms with van der Waals surface area (Å²) in [7, 11) is 0. The number of hydrogen-bond acceptors (Lipinski definition) is 8. The highest BCUT2D eigenvalue weighted by atomic mass is 32.2. The number of aliphatic hydroxyl groups is 1. The third-order valence-electron chi connectivity index (χ3n) is 1.53. The van der Waals surface area contributed by atoms with Gasteiger partial charge in [-0.05, 0) is 0 Å². The van der Waals surface area contributed by atoms with Crippen molar-refractivity contribution < 1.29 is 34.4 Å².